The lowest BCUT2D eigenvalue weighted by atomic mass is 10.2. The number of pyridine rings is 1. The summed E-state index contributed by atoms with van der Waals surface area (Å²) in [6, 6.07) is 13.0. The summed E-state index contributed by atoms with van der Waals surface area (Å²) >= 11 is 0. The Morgan fingerprint density at radius 3 is 2.79 bits per heavy atom. The lowest BCUT2D eigenvalue weighted by Gasteiger charge is -2.21. The predicted molar refractivity (Wildman–Crippen MR) is 147 cm³/mol. The summed E-state index contributed by atoms with van der Waals surface area (Å²) in [5.74, 6) is 1.16. The van der Waals surface area contributed by atoms with Gasteiger partial charge in [0.1, 0.15) is 13.2 Å². The number of amides is 1. The van der Waals surface area contributed by atoms with E-state index in [9.17, 15) is 4.79 Å². The van der Waals surface area contributed by atoms with Crippen LogP contribution in [-0.4, -0.2) is 68.0 Å². The number of aromatic nitrogens is 6. The van der Waals surface area contributed by atoms with Crippen molar-refractivity contribution in [2.75, 3.05) is 19.8 Å². The normalized spacial score (nSPS) is 19.0. The van der Waals surface area contributed by atoms with Gasteiger partial charge in [0, 0.05) is 36.2 Å². The minimum atomic E-state index is -0.233. The number of carbonyl (C=O) groups is 1. The number of nitrogens with zero attached hydrogens (tertiary/aromatic N) is 6. The number of carbonyl (C=O) groups excluding carboxylic acids is 1. The summed E-state index contributed by atoms with van der Waals surface area (Å²) < 4.78 is 30.0. The van der Waals surface area contributed by atoms with E-state index < -0.39 is 0 Å². The summed E-state index contributed by atoms with van der Waals surface area (Å²) in [6.07, 6.45) is 5.12. The Hall–Kier alpha value is -4.46. The highest BCUT2D eigenvalue weighted by atomic mass is 16.7. The molecule has 42 heavy (non-hydrogen) atoms. The highest BCUT2D eigenvalue weighted by Gasteiger charge is 2.21. The Balaban J connectivity index is 1.09. The van der Waals surface area contributed by atoms with Gasteiger partial charge in [-0.3, -0.25) is 9.78 Å². The number of hydrogen-bond donors (Lipinski definition) is 1. The molecule has 7 rings (SSSR count). The van der Waals surface area contributed by atoms with E-state index in [2.05, 4.69) is 25.7 Å². The Morgan fingerprint density at radius 1 is 1.05 bits per heavy atom. The van der Waals surface area contributed by atoms with Crippen LogP contribution in [0, 0.1) is 0 Å². The first kappa shape index (κ1) is 26.4. The first-order chi connectivity index (χ1) is 20.7. The zero-order valence-electron chi connectivity index (χ0n) is 22.8. The van der Waals surface area contributed by atoms with Gasteiger partial charge in [-0.15, -0.1) is 15.3 Å². The molecule has 2 fully saturated rings. The van der Waals surface area contributed by atoms with Crippen LogP contribution in [0.25, 0.3) is 27.9 Å². The molecule has 2 aliphatic heterocycles. The summed E-state index contributed by atoms with van der Waals surface area (Å²) in [5.41, 5.74) is 2.16. The highest BCUT2D eigenvalue weighted by Crippen LogP contribution is 2.29. The van der Waals surface area contributed by atoms with Crippen LogP contribution in [0.3, 0.4) is 0 Å². The standard InChI is InChI=1S/C29H29N7O6/c37-28(31-20-10-12-38-15-20)18-8-9-19(30-14-18)16-41-29-23-6-2-1-5-22(23)26-32-33-27(36(26)34-29)24-13-21(42-35-24)17-40-25-7-3-4-11-39-25/h1-2,5-6,8-9,13-14,20,25H,3-4,7,10-12,15-17H2,(H,31,37). The highest BCUT2D eigenvalue weighted by molar-refractivity contribution is 5.97. The molecule has 0 spiro atoms. The van der Waals surface area contributed by atoms with Crippen molar-refractivity contribution < 1.29 is 28.3 Å². The second-order valence-electron chi connectivity index (χ2n) is 10.3. The molecule has 1 N–H and O–H groups in total. The van der Waals surface area contributed by atoms with Gasteiger partial charge in [-0.1, -0.05) is 23.4 Å². The maximum atomic E-state index is 12.5. The van der Waals surface area contributed by atoms with Crippen molar-refractivity contribution in [1.29, 1.82) is 0 Å². The summed E-state index contributed by atoms with van der Waals surface area (Å²) in [7, 11) is 0. The zero-order valence-corrected chi connectivity index (χ0v) is 22.8. The zero-order chi connectivity index (χ0) is 28.3. The van der Waals surface area contributed by atoms with Gasteiger partial charge in [0.15, 0.2) is 23.4 Å². The lowest BCUT2D eigenvalue weighted by molar-refractivity contribution is -0.171. The molecule has 2 saturated heterocycles. The van der Waals surface area contributed by atoms with Crippen molar-refractivity contribution in [3.05, 3.63) is 65.7 Å². The number of rotatable bonds is 9. The van der Waals surface area contributed by atoms with E-state index in [1.54, 1.807) is 28.9 Å². The first-order valence-corrected chi connectivity index (χ1v) is 14.0. The molecular formula is C29H29N7O6. The van der Waals surface area contributed by atoms with E-state index in [4.69, 9.17) is 28.6 Å². The van der Waals surface area contributed by atoms with Gasteiger partial charge in [-0.05, 0) is 43.9 Å². The molecule has 1 aromatic carbocycles. The van der Waals surface area contributed by atoms with Gasteiger partial charge in [-0.2, -0.15) is 4.52 Å². The van der Waals surface area contributed by atoms with Gasteiger partial charge in [0.05, 0.1) is 23.9 Å². The maximum absolute atomic E-state index is 12.5. The van der Waals surface area contributed by atoms with Crippen LogP contribution >= 0.6 is 0 Å². The molecule has 2 aliphatic rings. The van der Waals surface area contributed by atoms with E-state index in [0.29, 0.717) is 59.9 Å². The minimum absolute atomic E-state index is 0.0330. The van der Waals surface area contributed by atoms with Crippen LogP contribution in [-0.2, 0) is 27.4 Å². The van der Waals surface area contributed by atoms with E-state index >= 15 is 0 Å². The topological polar surface area (TPSA) is 148 Å². The average molecular weight is 572 g/mol. The number of nitrogens with one attached hydrogen (secondary N) is 1. The average Bonchev–Trinajstić information content (AvgIpc) is 3.81. The van der Waals surface area contributed by atoms with Crippen molar-refractivity contribution >= 4 is 22.3 Å². The van der Waals surface area contributed by atoms with Gasteiger partial charge in [0.25, 0.3) is 5.91 Å². The molecule has 13 nitrogen and oxygen atoms in total. The third-order valence-electron chi connectivity index (χ3n) is 7.28. The van der Waals surface area contributed by atoms with Crippen molar-refractivity contribution in [3.8, 4) is 17.4 Å². The SMILES string of the molecule is O=C(NC1CCOC1)c1ccc(COc2nn3c(-c4cc(COC5CCCCO5)on4)nnc3c3ccccc23)nc1. The Kier molecular flexibility index (Phi) is 7.43. The van der Waals surface area contributed by atoms with E-state index in [1.807, 2.05) is 24.3 Å². The van der Waals surface area contributed by atoms with Crippen molar-refractivity contribution in [3.63, 3.8) is 0 Å². The molecule has 0 radical (unpaired) electrons. The monoisotopic (exact) mass is 571 g/mol. The molecule has 6 heterocycles. The van der Waals surface area contributed by atoms with Crippen LogP contribution in [0.15, 0.2) is 53.2 Å². The van der Waals surface area contributed by atoms with Gasteiger partial charge >= 0.3 is 0 Å². The Morgan fingerprint density at radius 2 is 1.98 bits per heavy atom. The predicted octanol–water partition coefficient (Wildman–Crippen LogP) is 3.47. The Bertz CT molecular complexity index is 1690. The fraction of sp³-hybridized carbons (Fsp3) is 0.379. The van der Waals surface area contributed by atoms with Gasteiger partial charge in [-0.25, -0.2) is 0 Å². The molecule has 2 atom stereocenters. The van der Waals surface area contributed by atoms with Crippen LogP contribution in [0.2, 0.25) is 0 Å². The van der Waals surface area contributed by atoms with E-state index in [-0.39, 0.29) is 31.5 Å². The van der Waals surface area contributed by atoms with Gasteiger partial charge < -0.3 is 28.8 Å². The summed E-state index contributed by atoms with van der Waals surface area (Å²) in [5, 5.41) is 22.2. The van der Waals surface area contributed by atoms with Crippen LogP contribution in [0.4, 0.5) is 0 Å². The molecule has 0 aliphatic carbocycles. The third-order valence-corrected chi connectivity index (χ3v) is 7.28. The van der Waals surface area contributed by atoms with Crippen molar-refractivity contribution in [1.82, 2.24) is 35.3 Å². The Labute approximate surface area is 240 Å². The molecule has 216 valence electrons. The van der Waals surface area contributed by atoms with E-state index in [1.165, 1.54) is 0 Å². The van der Waals surface area contributed by atoms with Crippen LogP contribution in [0.5, 0.6) is 5.88 Å². The molecule has 13 heteroatoms. The number of fused-ring (bicyclic) bond motifs is 3. The fourth-order valence-electron chi connectivity index (χ4n) is 5.03. The molecule has 2 unspecified atom stereocenters. The van der Waals surface area contributed by atoms with Crippen LogP contribution < -0.4 is 10.1 Å². The molecule has 5 aromatic rings. The summed E-state index contributed by atoms with van der Waals surface area (Å²) in [4.78, 5) is 16.9. The number of hydrogen-bond acceptors (Lipinski definition) is 11. The number of benzene rings is 1. The van der Waals surface area contributed by atoms with E-state index in [0.717, 1.165) is 36.5 Å². The fourth-order valence-corrected chi connectivity index (χ4v) is 5.03. The molecule has 0 bridgehead atoms. The second-order valence-corrected chi connectivity index (χ2v) is 10.3. The van der Waals surface area contributed by atoms with Crippen molar-refractivity contribution in [2.24, 2.45) is 0 Å². The molecule has 4 aromatic heterocycles. The second kappa shape index (κ2) is 11.8. The molecular weight excluding hydrogens is 542 g/mol. The lowest BCUT2D eigenvalue weighted by Crippen LogP contribution is -2.35. The smallest absolute Gasteiger partial charge is 0.253 e. The number of ether oxygens (including phenoxy) is 4. The van der Waals surface area contributed by atoms with Crippen molar-refractivity contribution in [2.45, 2.75) is 51.2 Å². The molecule has 1 amide bonds. The molecule has 0 saturated carbocycles. The van der Waals surface area contributed by atoms with Gasteiger partial charge in [0.2, 0.25) is 11.7 Å². The first-order valence-electron chi connectivity index (χ1n) is 14.0. The minimum Gasteiger partial charge on any atom is -0.470 e. The van der Waals surface area contributed by atoms with Crippen LogP contribution in [0.1, 0.15) is 47.5 Å². The maximum Gasteiger partial charge on any atom is 0.253 e. The largest absolute Gasteiger partial charge is 0.470 e. The summed E-state index contributed by atoms with van der Waals surface area (Å²) in [6.45, 7) is 2.29. The quantitative estimate of drug-likeness (QED) is 0.277. The third kappa shape index (κ3) is 5.53.